The van der Waals surface area contributed by atoms with Gasteiger partial charge in [-0.1, -0.05) is 39.5 Å². The van der Waals surface area contributed by atoms with Gasteiger partial charge in [0, 0.05) is 13.2 Å². The van der Waals surface area contributed by atoms with Crippen LogP contribution < -0.4 is 0 Å². The Morgan fingerprint density at radius 3 is 2.42 bits per heavy atom. The lowest BCUT2D eigenvalue weighted by Gasteiger charge is -2.19. The third-order valence-corrected chi connectivity index (χ3v) is 3.82. The third kappa shape index (κ3) is 9.04. The molecule has 0 aliphatic carbocycles. The van der Waals surface area contributed by atoms with Crippen LogP contribution in [0.1, 0.15) is 72.6 Å². The lowest BCUT2D eigenvalue weighted by atomic mass is 9.87. The Bertz CT molecular complexity index is 236. The van der Waals surface area contributed by atoms with E-state index in [1.54, 1.807) is 13.8 Å². The van der Waals surface area contributed by atoms with E-state index in [9.17, 15) is 4.79 Å². The zero-order chi connectivity index (χ0) is 14.7. The topological polar surface area (TPSA) is 46.5 Å². The van der Waals surface area contributed by atoms with Crippen molar-refractivity contribution in [1.82, 2.24) is 0 Å². The highest BCUT2D eigenvalue weighted by atomic mass is 16.5. The van der Waals surface area contributed by atoms with Crippen molar-refractivity contribution in [1.29, 1.82) is 0 Å². The number of ether oxygens (including phenoxy) is 1. The monoisotopic (exact) mass is 272 g/mol. The highest BCUT2D eigenvalue weighted by Crippen LogP contribution is 2.23. The van der Waals surface area contributed by atoms with Gasteiger partial charge in [0.2, 0.25) is 0 Å². The Morgan fingerprint density at radius 1 is 1.21 bits per heavy atom. The maximum absolute atomic E-state index is 10.9. The molecule has 0 heterocycles. The molecular weight excluding hydrogens is 240 g/mol. The first-order valence-corrected chi connectivity index (χ1v) is 7.75. The Balaban J connectivity index is 3.56. The molecule has 0 amide bonds. The third-order valence-electron chi connectivity index (χ3n) is 3.82. The summed E-state index contributed by atoms with van der Waals surface area (Å²) < 4.78 is 5.71. The lowest BCUT2D eigenvalue weighted by Crippen LogP contribution is -2.23. The summed E-state index contributed by atoms with van der Waals surface area (Å²) in [5.74, 6) is -0.0190. The Kier molecular flexibility index (Phi) is 9.94. The summed E-state index contributed by atoms with van der Waals surface area (Å²) in [7, 11) is 0. The molecule has 114 valence electrons. The molecule has 3 heteroatoms. The van der Waals surface area contributed by atoms with Crippen LogP contribution in [0.15, 0.2) is 0 Å². The van der Waals surface area contributed by atoms with Crippen LogP contribution in [-0.4, -0.2) is 24.3 Å². The molecule has 1 unspecified atom stereocenters. The highest BCUT2D eigenvalue weighted by molar-refractivity contribution is 5.73. The van der Waals surface area contributed by atoms with Crippen molar-refractivity contribution in [3.05, 3.63) is 0 Å². The number of unbranched alkanes of at least 4 members (excludes halogenated alkanes) is 2. The molecule has 0 aromatic heterocycles. The average molecular weight is 272 g/mol. The van der Waals surface area contributed by atoms with Crippen LogP contribution >= 0.6 is 0 Å². The fraction of sp³-hybridized carbons (Fsp3) is 0.938. The second-order valence-electron chi connectivity index (χ2n) is 6.14. The van der Waals surface area contributed by atoms with E-state index >= 15 is 0 Å². The van der Waals surface area contributed by atoms with Crippen LogP contribution in [0.25, 0.3) is 0 Å². The van der Waals surface area contributed by atoms with E-state index in [0.29, 0.717) is 5.92 Å². The summed E-state index contributed by atoms with van der Waals surface area (Å²) in [4.78, 5) is 10.9. The summed E-state index contributed by atoms with van der Waals surface area (Å²) in [6, 6.07) is 0. The quantitative estimate of drug-likeness (QED) is 0.532. The number of carbonyl (C=O) groups is 1. The van der Waals surface area contributed by atoms with Gasteiger partial charge in [-0.2, -0.15) is 0 Å². The highest BCUT2D eigenvalue weighted by Gasteiger charge is 2.25. The first kappa shape index (κ1) is 18.4. The van der Waals surface area contributed by atoms with Crippen molar-refractivity contribution in [2.24, 2.45) is 11.3 Å². The molecule has 0 bridgehead atoms. The summed E-state index contributed by atoms with van der Waals surface area (Å²) in [5, 5.41) is 9.00. The number of carboxylic acids is 1. The number of aliphatic carboxylic acids is 1. The van der Waals surface area contributed by atoms with Gasteiger partial charge < -0.3 is 9.84 Å². The predicted molar refractivity (Wildman–Crippen MR) is 79.4 cm³/mol. The molecule has 0 rings (SSSR count). The van der Waals surface area contributed by atoms with Gasteiger partial charge in [-0.3, -0.25) is 4.79 Å². The van der Waals surface area contributed by atoms with Gasteiger partial charge in [0.25, 0.3) is 0 Å². The number of hydrogen-bond donors (Lipinski definition) is 1. The molecule has 0 spiro atoms. The molecule has 19 heavy (non-hydrogen) atoms. The fourth-order valence-corrected chi connectivity index (χ4v) is 2.03. The van der Waals surface area contributed by atoms with E-state index in [1.165, 1.54) is 25.7 Å². The number of carboxylic acid groups (broad SMARTS) is 1. The maximum Gasteiger partial charge on any atom is 0.309 e. The van der Waals surface area contributed by atoms with Gasteiger partial charge in [-0.15, -0.1) is 0 Å². The van der Waals surface area contributed by atoms with E-state index < -0.39 is 11.4 Å². The van der Waals surface area contributed by atoms with Gasteiger partial charge in [0.1, 0.15) is 0 Å². The minimum absolute atomic E-state index is 0.604. The van der Waals surface area contributed by atoms with Crippen LogP contribution in [0.2, 0.25) is 0 Å². The van der Waals surface area contributed by atoms with Crippen LogP contribution in [-0.2, 0) is 9.53 Å². The van der Waals surface area contributed by atoms with Gasteiger partial charge in [0.05, 0.1) is 5.41 Å². The normalized spacial score (nSPS) is 13.5. The van der Waals surface area contributed by atoms with Gasteiger partial charge in [-0.25, -0.2) is 0 Å². The van der Waals surface area contributed by atoms with Crippen LogP contribution in [0.5, 0.6) is 0 Å². The van der Waals surface area contributed by atoms with Crippen molar-refractivity contribution in [3.63, 3.8) is 0 Å². The zero-order valence-electron chi connectivity index (χ0n) is 13.2. The molecule has 1 atom stereocenters. The number of hydrogen-bond acceptors (Lipinski definition) is 2. The van der Waals surface area contributed by atoms with E-state index in [4.69, 9.17) is 9.84 Å². The minimum Gasteiger partial charge on any atom is -0.481 e. The molecule has 0 aromatic rings. The van der Waals surface area contributed by atoms with Crippen LogP contribution in [0, 0.1) is 11.3 Å². The summed E-state index contributed by atoms with van der Waals surface area (Å²) in [5.41, 5.74) is -0.604. The predicted octanol–water partition coefficient (Wildman–Crippen LogP) is 4.50. The maximum atomic E-state index is 10.9. The summed E-state index contributed by atoms with van der Waals surface area (Å²) in [6.45, 7) is 9.64. The molecule has 0 aliphatic rings. The number of rotatable bonds is 12. The van der Waals surface area contributed by atoms with Crippen molar-refractivity contribution >= 4 is 5.97 Å². The fourth-order valence-electron chi connectivity index (χ4n) is 2.03. The molecule has 0 fully saturated rings. The molecular formula is C16H32O3. The molecule has 0 saturated heterocycles. The molecule has 0 radical (unpaired) electrons. The minimum atomic E-state index is -0.709. The Labute approximate surface area is 118 Å². The molecule has 3 nitrogen and oxygen atoms in total. The van der Waals surface area contributed by atoms with Gasteiger partial charge in [0.15, 0.2) is 0 Å². The van der Waals surface area contributed by atoms with E-state index in [-0.39, 0.29) is 0 Å². The van der Waals surface area contributed by atoms with Crippen molar-refractivity contribution in [3.8, 4) is 0 Å². The molecule has 1 N–H and O–H groups in total. The summed E-state index contributed by atoms with van der Waals surface area (Å²) in [6.07, 6.45) is 7.59. The Hall–Kier alpha value is -0.570. The van der Waals surface area contributed by atoms with Gasteiger partial charge in [-0.05, 0) is 39.0 Å². The smallest absolute Gasteiger partial charge is 0.309 e. The zero-order valence-corrected chi connectivity index (χ0v) is 13.2. The van der Waals surface area contributed by atoms with Crippen molar-refractivity contribution in [2.45, 2.75) is 72.6 Å². The van der Waals surface area contributed by atoms with E-state index in [0.717, 1.165) is 32.5 Å². The second kappa shape index (κ2) is 10.2. The Morgan fingerprint density at radius 2 is 1.89 bits per heavy atom. The van der Waals surface area contributed by atoms with E-state index in [2.05, 4.69) is 13.8 Å². The van der Waals surface area contributed by atoms with Gasteiger partial charge >= 0.3 is 5.97 Å². The largest absolute Gasteiger partial charge is 0.481 e. The van der Waals surface area contributed by atoms with Crippen molar-refractivity contribution in [2.75, 3.05) is 13.2 Å². The first-order valence-electron chi connectivity index (χ1n) is 7.75. The second-order valence-corrected chi connectivity index (χ2v) is 6.14. The standard InChI is InChI=1S/C16H32O3/c1-5-7-10-14(6-2)13-19-12-9-8-11-16(3,4)15(17)18/h14H,5-13H2,1-4H3,(H,17,18). The van der Waals surface area contributed by atoms with Crippen LogP contribution in [0.3, 0.4) is 0 Å². The molecule has 0 aromatic carbocycles. The first-order chi connectivity index (χ1) is 8.94. The van der Waals surface area contributed by atoms with Crippen LogP contribution in [0.4, 0.5) is 0 Å². The molecule has 0 saturated carbocycles. The molecule has 0 aliphatic heterocycles. The summed E-state index contributed by atoms with van der Waals surface area (Å²) >= 11 is 0. The lowest BCUT2D eigenvalue weighted by molar-refractivity contribution is -0.147. The SMILES string of the molecule is CCCCC(CC)COCCCCC(C)(C)C(=O)O. The van der Waals surface area contributed by atoms with Crippen molar-refractivity contribution < 1.29 is 14.6 Å². The van der Waals surface area contributed by atoms with E-state index in [1.807, 2.05) is 0 Å². The average Bonchev–Trinajstić information content (AvgIpc) is 2.36.